The molecule has 3 rings (SSSR count). The van der Waals surface area contributed by atoms with Gasteiger partial charge in [-0.1, -0.05) is 0 Å². The zero-order valence-corrected chi connectivity index (χ0v) is 14.5. The van der Waals surface area contributed by atoms with Gasteiger partial charge in [-0.3, -0.25) is 20.2 Å². The lowest BCUT2D eigenvalue weighted by atomic mass is 10.1. The first-order chi connectivity index (χ1) is 12.6. The Balaban J connectivity index is 1.66. The number of hydrogen-bond acceptors (Lipinski definition) is 10. The molecule has 0 unspecified atom stereocenters. The molecule has 0 radical (unpaired) electrons. The molecule has 2 fully saturated rings. The van der Waals surface area contributed by atoms with Crippen molar-refractivity contribution in [3.63, 3.8) is 0 Å². The highest BCUT2D eigenvalue weighted by molar-refractivity contribution is 5.65. The smallest absolute Gasteiger partial charge is 0.299 e. The number of nitro groups is 2. The summed E-state index contributed by atoms with van der Waals surface area (Å²) in [5.74, 6) is -0.913. The molecule has 1 aromatic rings. The van der Waals surface area contributed by atoms with Crippen LogP contribution < -0.4 is 5.32 Å². The van der Waals surface area contributed by atoms with Gasteiger partial charge < -0.3 is 29.7 Å². The summed E-state index contributed by atoms with van der Waals surface area (Å²) >= 11 is 0. The number of aliphatic hydroxyl groups is 2. The highest BCUT2D eigenvalue weighted by atomic mass is 16.8. The van der Waals surface area contributed by atoms with Gasteiger partial charge in [0.15, 0.2) is 12.1 Å². The molecule has 2 aliphatic rings. The molecule has 148 valence electrons. The van der Waals surface area contributed by atoms with E-state index in [0.29, 0.717) is 0 Å². The molecule has 27 heavy (non-hydrogen) atoms. The van der Waals surface area contributed by atoms with Gasteiger partial charge in [-0.05, 0) is 19.9 Å². The average Bonchev–Trinajstić information content (AvgIpc) is 3.05. The summed E-state index contributed by atoms with van der Waals surface area (Å²) < 4.78 is 16.5. The third-order valence-corrected chi connectivity index (χ3v) is 4.32. The number of aliphatic hydroxyl groups excluding tert-OH is 2. The van der Waals surface area contributed by atoms with Crippen LogP contribution in [0.4, 0.5) is 17.1 Å². The minimum atomic E-state index is -1.24. The summed E-state index contributed by atoms with van der Waals surface area (Å²) in [4.78, 5) is 20.4. The van der Waals surface area contributed by atoms with Crippen LogP contribution in [-0.2, 0) is 14.2 Å². The zero-order valence-electron chi connectivity index (χ0n) is 14.5. The topological polar surface area (TPSA) is 166 Å². The molecular weight excluding hydrogens is 366 g/mol. The van der Waals surface area contributed by atoms with E-state index in [4.69, 9.17) is 14.2 Å². The molecule has 0 amide bonds. The Morgan fingerprint density at radius 3 is 2.56 bits per heavy atom. The quantitative estimate of drug-likeness (QED) is 0.464. The lowest BCUT2D eigenvalue weighted by molar-refractivity contribution is -0.393. The molecule has 2 aliphatic heterocycles. The molecule has 5 atom stereocenters. The van der Waals surface area contributed by atoms with E-state index in [1.54, 1.807) is 13.8 Å². The standard InChI is InChI=1S/C15H19N3O9/c1-15(2)26-13-11(20)12(25-14(13)27-15)10(19)6-16-8-4-3-7(17(21)22)5-9(8)18(23)24/h3-5,10-14,16,19-20H,6H2,1-2H3/t10-,11-,12+,13+,14+/m1/s1. The molecule has 12 heteroatoms. The Hall–Kier alpha value is -2.38. The van der Waals surface area contributed by atoms with Crippen molar-refractivity contribution < 1.29 is 34.3 Å². The Kier molecular flexibility index (Phi) is 5.01. The number of nitro benzene ring substituents is 2. The van der Waals surface area contributed by atoms with Gasteiger partial charge >= 0.3 is 0 Å². The molecule has 12 nitrogen and oxygen atoms in total. The summed E-state index contributed by atoms with van der Waals surface area (Å²) in [6.07, 6.45) is -5.01. The van der Waals surface area contributed by atoms with Crippen molar-refractivity contribution in [1.29, 1.82) is 0 Å². The van der Waals surface area contributed by atoms with Gasteiger partial charge in [-0.2, -0.15) is 0 Å². The number of ether oxygens (including phenoxy) is 3. The van der Waals surface area contributed by atoms with Crippen LogP contribution in [0.2, 0.25) is 0 Å². The van der Waals surface area contributed by atoms with Crippen LogP contribution in [0, 0.1) is 20.2 Å². The van der Waals surface area contributed by atoms with E-state index < -0.39 is 57.7 Å². The number of nitrogens with one attached hydrogen (secondary N) is 1. The van der Waals surface area contributed by atoms with Crippen molar-refractivity contribution in [2.24, 2.45) is 0 Å². The molecule has 0 saturated carbocycles. The van der Waals surface area contributed by atoms with Crippen molar-refractivity contribution in [3.05, 3.63) is 38.4 Å². The molecule has 2 heterocycles. The lowest BCUT2D eigenvalue weighted by Gasteiger charge is -2.26. The number of nitrogens with zero attached hydrogens (tertiary/aromatic N) is 2. The molecule has 3 N–H and O–H groups in total. The van der Waals surface area contributed by atoms with E-state index >= 15 is 0 Å². The van der Waals surface area contributed by atoms with Gasteiger partial charge in [0.1, 0.15) is 30.1 Å². The van der Waals surface area contributed by atoms with Crippen LogP contribution in [0.1, 0.15) is 13.8 Å². The van der Waals surface area contributed by atoms with Gasteiger partial charge in [-0.25, -0.2) is 0 Å². The van der Waals surface area contributed by atoms with Crippen LogP contribution in [-0.4, -0.2) is 63.1 Å². The molecule has 0 aliphatic carbocycles. The molecule has 0 spiro atoms. The fourth-order valence-corrected chi connectivity index (χ4v) is 3.10. The van der Waals surface area contributed by atoms with Crippen LogP contribution in [0.3, 0.4) is 0 Å². The summed E-state index contributed by atoms with van der Waals surface area (Å²) in [5.41, 5.74) is -0.937. The second-order valence-corrected chi connectivity index (χ2v) is 6.72. The van der Waals surface area contributed by atoms with E-state index in [0.717, 1.165) is 12.1 Å². The van der Waals surface area contributed by atoms with Crippen molar-refractivity contribution in [2.75, 3.05) is 11.9 Å². The molecular formula is C15H19N3O9. The Morgan fingerprint density at radius 1 is 1.26 bits per heavy atom. The number of benzene rings is 1. The maximum absolute atomic E-state index is 11.1. The van der Waals surface area contributed by atoms with E-state index in [1.165, 1.54) is 6.07 Å². The minimum Gasteiger partial charge on any atom is -0.388 e. The van der Waals surface area contributed by atoms with Crippen LogP contribution in [0.25, 0.3) is 0 Å². The van der Waals surface area contributed by atoms with Gasteiger partial charge in [0.25, 0.3) is 11.4 Å². The van der Waals surface area contributed by atoms with Crippen molar-refractivity contribution in [2.45, 2.75) is 50.3 Å². The first-order valence-corrected chi connectivity index (χ1v) is 8.13. The number of non-ortho nitro benzene ring substituents is 1. The number of hydrogen-bond donors (Lipinski definition) is 3. The second-order valence-electron chi connectivity index (χ2n) is 6.72. The Morgan fingerprint density at radius 2 is 1.96 bits per heavy atom. The fourth-order valence-electron chi connectivity index (χ4n) is 3.10. The number of anilines is 1. The summed E-state index contributed by atoms with van der Waals surface area (Å²) in [6, 6.07) is 3.11. The van der Waals surface area contributed by atoms with Gasteiger partial charge in [0.05, 0.1) is 15.9 Å². The lowest BCUT2D eigenvalue weighted by Crippen LogP contribution is -2.43. The maximum Gasteiger partial charge on any atom is 0.299 e. The van der Waals surface area contributed by atoms with E-state index in [-0.39, 0.29) is 12.2 Å². The monoisotopic (exact) mass is 385 g/mol. The molecule has 0 bridgehead atoms. The SMILES string of the molecule is CC1(C)O[C@@H]2O[C@@H]([C@H](O)CNc3ccc([N+](=O)[O-])cc3[N+](=O)[O-])[C@@H](O)[C@@H]2O1. The van der Waals surface area contributed by atoms with E-state index in [1.807, 2.05) is 0 Å². The van der Waals surface area contributed by atoms with E-state index in [9.17, 15) is 30.4 Å². The summed E-state index contributed by atoms with van der Waals surface area (Å²) in [5, 5.41) is 45.1. The minimum absolute atomic E-state index is 0.00837. The molecule has 1 aromatic carbocycles. The van der Waals surface area contributed by atoms with Crippen LogP contribution >= 0.6 is 0 Å². The highest BCUT2D eigenvalue weighted by Crippen LogP contribution is 2.38. The van der Waals surface area contributed by atoms with Gasteiger partial charge in [0, 0.05) is 12.6 Å². The second kappa shape index (κ2) is 6.98. The zero-order chi connectivity index (χ0) is 19.9. The normalized spacial score (nSPS) is 29.9. The predicted octanol–water partition coefficient (Wildman–Crippen LogP) is 0.513. The van der Waals surface area contributed by atoms with Gasteiger partial charge in [0.2, 0.25) is 0 Å². The van der Waals surface area contributed by atoms with Gasteiger partial charge in [-0.15, -0.1) is 0 Å². The third-order valence-electron chi connectivity index (χ3n) is 4.32. The Bertz CT molecular complexity index is 756. The fraction of sp³-hybridized carbons (Fsp3) is 0.600. The Labute approximate surface area is 152 Å². The predicted molar refractivity (Wildman–Crippen MR) is 89.0 cm³/mol. The number of rotatable bonds is 6. The van der Waals surface area contributed by atoms with Crippen LogP contribution in [0.5, 0.6) is 0 Å². The van der Waals surface area contributed by atoms with Crippen molar-refractivity contribution in [1.82, 2.24) is 0 Å². The van der Waals surface area contributed by atoms with Crippen molar-refractivity contribution in [3.8, 4) is 0 Å². The average molecular weight is 385 g/mol. The molecule has 2 saturated heterocycles. The van der Waals surface area contributed by atoms with E-state index in [2.05, 4.69) is 5.32 Å². The summed E-state index contributed by atoms with van der Waals surface area (Å²) in [7, 11) is 0. The number of fused-ring (bicyclic) bond motifs is 1. The first-order valence-electron chi connectivity index (χ1n) is 8.13. The van der Waals surface area contributed by atoms with Crippen LogP contribution in [0.15, 0.2) is 18.2 Å². The first kappa shape index (κ1) is 19.4. The largest absolute Gasteiger partial charge is 0.388 e. The molecule has 0 aromatic heterocycles. The third kappa shape index (κ3) is 3.84. The maximum atomic E-state index is 11.1. The summed E-state index contributed by atoms with van der Waals surface area (Å²) in [6.45, 7) is 3.13. The van der Waals surface area contributed by atoms with Crippen molar-refractivity contribution >= 4 is 17.1 Å². The highest BCUT2D eigenvalue weighted by Gasteiger charge is 2.55.